The Hall–Kier alpha value is -3.40. The molecule has 2 aromatic rings. The highest BCUT2D eigenvalue weighted by atomic mass is 35.5. The summed E-state index contributed by atoms with van der Waals surface area (Å²) in [7, 11) is 0. The molecule has 9 nitrogen and oxygen atoms in total. The Balaban J connectivity index is 1.76. The van der Waals surface area contributed by atoms with Crippen molar-refractivity contribution in [1.29, 1.82) is 0 Å². The Bertz CT molecular complexity index is 1290. The summed E-state index contributed by atoms with van der Waals surface area (Å²) < 4.78 is 19.7. The minimum atomic E-state index is -1.31. The third-order valence-corrected chi connectivity index (χ3v) is 6.41. The molecule has 0 saturated heterocycles. The number of fused-ring (bicyclic) bond motifs is 3. The van der Waals surface area contributed by atoms with Gasteiger partial charge < -0.3 is 14.7 Å². The topological polar surface area (TPSA) is 109 Å². The standard InChI is InChI=1S/C23H23ClFN3O6/c1-12(29)34-9-8-27-19-14-6-7-26(11-13-4-5-16(25)15(24)10-13)20(31)17(14)18(30)21(32)28(19)23(2,3)22(27)33/h4-5,10,30H,6-9,11H2,1-3H3. The van der Waals surface area contributed by atoms with E-state index in [0.717, 1.165) is 0 Å². The highest BCUT2D eigenvalue weighted by Gasteiger charge is 2.48. The van der Waals surface area contributed by atoms with Gasteiger partial charge in [-0.05, 0) is 38.0 Å². The number of esters is 1. The van der Waals surface area contributed by atoms with Crippen LogP contribution in [0.1, 0.15) is 42.3 Å². The molecule has 0 radical (unpaired) electrons. The highest BCUT2D eigenvalue weighted by Crippen LogP contribution is 2.41. The lowest BCUT2D eigenvalue weighted by molar-refractivity contribution is -0.141. The van der Waals surface area contributed by atoms with Crippen LogP contribution in [0.15, 0.2) is 23.0 Å². The summed E-state index contributed by atoms with van der Waals surface area (Å²) in [6, 6.07) is 4.11. The second kappa shape index (κ2) is 8.43. The number of ether oxygens (including phenoxy) is 1. The third-order valence-electron chi connectivity index (χ3n) is 6.12. The fraction of sp³-hybridized carbons (Fsp3) is 0.391. The van der Waals surface area contributed by atoms with Gasteiger partial charge in [0.15, 0.2) is 5.75 Å². The summed E-state index contributed by atoms with van der Waals surface area (Å²) in [5.74, 6) is -2.60. The first-order chi connectivity index (χ1) is 15.9. The first-order valence-corrected chi connectivity index (χ1v) is 11.0. The molecular weight excluding hydrogens is 469 g/mol. The number of carbonyl (C=O) groups excluding carboxylic acids is 3. The Kier molecular flexibility index (Phi) is 5.89. The molecule has 2 aliphatic heterocycles. The molecule has 2 aliphatic rings. The zero-order chi connectivity index (χ0) is 24.9. The quantitative estimate of drug-likeness (QED) is 0.642. The second-order valence-electron chi connectivity index (χ2n) is 8.75. The van der Waals surface area contributed by atoms with E-state index in [2.05, 4.69) is 0 Å². The molecule has 0 spiro atoms. The SMILES string of the molecule is CC(=O)OCCN1C(=O)C(C)(C)n2c1c1c(c(O)c2=O)C(=O)N(Cc2ccc(F)c(Cl)c2)CC1. The number of amides is 2. The number of hydrogen-bond acceptors (Lipinski definition) is 6. The molecular formula is C23H23ClFN3O6. The molecule has 1 aromatic carbocycles. The lowest BCUT2D eigenvalue weighted by atomic mass is 9.97. The molecule has 4 rings (SSSR count). The van der Waals surface area contributed by atoms with Gasteiger partial charge in [0.05, 0.1) is 17.1 Å². The number of nitrogens with zero attached hydrogens (tertiary/aromatic N) is 3. The monoisotopic (exact) mass is 491 g/mol. The fourth-order valence-corrected chi connectivity index (χ4v) is 4.70. The van der Waals surface area contributed by atoms with Crippen LogP contribution in [-0.4, -0.2) is 52.1 Å². The van der Waals surface area contributed by atoms with E-state index in [4.69, 9.17) is 16.3 Å². The van der Waals surface area contributed by atoms with E-state index in [1.165, 1.54) is 39.5 Å². The maximum Gasteiger partial charge on any atom is 0.302 e. The minimum Gasteiger partial charge on any atom is -0.502 e. The van der Waals surface area contributed by atoms with Crippen molar-refractivity contribution in [1.82, 2.24) is 9.47 Å². The maximum absolute atomic E-state index is 13.5. The van der Waals surface area contributed by atoms with Crippen LogP contribution in [0.4, 0.5) is 10.2 Å². The number of benzene rings is 1. The largest absolute Gasteiger partial charge is 0.502 e. The number of halogens is 2. The number of aromatic hydroxyl groups is 1. The van der Waals surface area contributed by atoms with E-state index in [1.54, 1.807) is 13.8 Å². The fourth-order valence-electron chi connectivity index (χ4n) is 4.49. The van der Waals surface area contributed by atoms with Crippen molar-refractivity contribution in [2.45, 2.75) is 39.3 Å². The first-order valence-electron chi connectivity index (χ1n) is 10.6. The zero-order valence-corrected chi connectivity index (χ0v) is 19.6. The number of rotatable bonds is 5. The number of anilines is 1. The van der Waals surface area contributed by atoms with Gasteiger partial charge in [-0.25, -0.2) is 4.39 Å². The van der Waals surface area contributed by atoms with E-state index in [1.807, 2.05) is 0 Å². The van der Waals surface area contributed by atoms with E-state index >= 15 is 0 Å². The lowest BCUT2D eigenvalue weighted by Crippen LogP contribution is -2.42. The smallest absolute Gasteiger partial charge is 0.302 e. The number of carbonyl (C=O) groups is 3. The van der Waals surface area contributed by atoms with Crippen LogP contribution in [-0.2, 0) is 32.8 Å². The van der Waals surface area contributed by atoms with Gasteiger partial charge in [-0.15, -0.1) is 0 Å². The Labute approximate surface area is 199 Å². The van der Waals surface area contributed by atoms with Gasteiger partial charge in [-0.3, -0.25) is 28.6 Å². The van der Waals surface area contributed by atoms with Crippen molar-refractivity contribution < 1.29 is 28.6 Å². The van der Waals surface area contributed by atoms with Gasteiger partial charge >= 0.3 is 5.97 Å². The Morgan fingerprint density at radius 1 is 1.26 bits per heavy atom. The van der Waals surface area contributed by atoms with Crippen LogP contribution in [0.3, 0.4) is 0 Å². The summed E-state index contributed by atoms with van der Waals surface area (Å²) in [6.45, 7) is 4.57. The predicted octanol–water partition coefficient (Wildman–Crippen LogP) is 2.19. The number of pyridine rings is 1. The van der Waals surface area contributed by atoms with Crippen LogP contribution in [0.2, 0.25) is 5.02 Å². The normalized spacial score (nSPS) is 16.5. The Morgan fingerprint density at radius 3 is 2.62 bits per heavy atom. The molecule has 34 heavy (non-hydrogen) atoms. The van der Waals surface area contributed by atoms with Crippen molar-refractivity contribution in [2.75, 3.05) is 24.6 Å². The molecule has 0 atom stereocenters. The molecule has 11 heteroatoms. The highest BCUT2D eigenvalue weighted by molar-refractivity contribution is 6.30. The van der Waals surface area contributed by atoms with Gasteiger partial charge in [-0.1, -0.05) is 17.7 Å². The minimum absolute atomic E-state index is 0.00944. The van der Waals surface area contributed by atoms with Crippen molar-refractivity contribution >= 4 is 35.2 Å². The average Bonchev–Trinajstić information content (AvgIpc) is 2.96. The third kappa shape index (κ3) is 3.71. The van der Waals surface area contributed by atoms with E-state index in [0.29, 0.717) is 11.1 Å². The molecule has 0 fully saturated rings. The Morgan fingerprint density at radius 2 is 1.97 bits per heavy atom. The summed E-state index contributed by atoms with van der Waals surface area (Å²) in [6.07, 6.45) is 0.257. The van der Waals surface area contributed by atoms with Crippen molar-refractivity contribution in [3.8, 4) is 5.75 Å². The molecule has 1 N–H and O–H groups in total. The molecule has 0 unspecified atom stereocenters. The second-order valence-corrected chi connectivity index (χ2v) is 9.15. The summed E-state index contributed by atoms with van der Waals surface area (Å²) in [4.78, 5) is 53.6. The predicted molar refractivity (Wildman–Crippen MR) is 121 cm³/mol. The molecule has 2 amide bonds. The summed E-state index contributed by atoms with van der Waals surface area (Å²) >= 11 is 5.85. The van der Waals surface area contributed by atoms with Gasteiger partial charge in [0, 0.05) is 25.6 Å². The van der Waals surface area contributed by atoms with Crippen molar-refractivity contribution in [3.05, 3.63) is 56.1 Å². The summed E-state index contributed by atoms with van der Waals surface area (Å²) in [5, 5.41) is 10.7. The lowest BCUT2D eigenvalue weighted by Gasteiger charge is -2.31. The molecule has 1 aromatic heterocycles. The van der Waals surface area contributed by atoms with Crippen molar-refractivity contribution in [3.63, 3.8) is 0 Å². The number of aromatic nitrogens is 1. The molecule has 180 valence electrons. The first kappa shape index (κ1) is 23.7. The van der Waals surface area contributed by atoms with E-state index < -0.39 is 40.4 Å². The molecule has 0 aliphatic carbocycles. The number of hydrogen-bond donors (Lipinski definition) is 1. The van der Waals surface area contributed by atoms with Crippen LogP contribution >= 0.6 is 11.6 Å². The van der Waals surface area contributed by atoms with E-state index in [-0.39, 0.29) is 49.1 Å². The molecule has 0 saturated carbocycles. The summed E-state index contributed by atoms with van der Waals surface area (Å²) in [5.41, 5.74) is -1.38. The van der Waals surface area contributed by atoms with Gasteiger partial charge in [0.25, 0.3) is 17.4 Å². The average molecular weight is 492 g/mol. The molecule has 3 heterocycles. The van der Waals surface area contributed by atoms with Gasteiger partial charge in [0.2, 0.25) is 0 Å². The van der Waals surface area contributed by atoms with Crippen LogP contribution in [0, 0.1) is 5.82 Å². The van der Waals surface area contributed by atoms with Gasteiger partial charge in [0.1, 0.15) is 23.8 Å². The van der Waals surface area contributed by atoms with Gasteiger partial charge in [-0.2, -0.15) is 0 Å². The van der Waals surface area contributed by atoms with Crippen LogP contribution < -0.4 is 10.5 Å². The van der Waals surface area contributed by atoms with E-state index in [9.17, 15) is 28.7 Å². The maximum atomic E-state index is 13.5. The van der Waals surface area contributed by atoms with Crippen molar-refractivity contribution in [2.24, 2.45) is 0 Å². The van der Waals surface area contributed by atoms with Crippen LogP contribution in [0.5, 0.6) is 5.75 Å². The molecule has 0 bridgehead atoms. The zero-order valence-electron chi connectivity index (χ0n) is 18.9. The van der Waals surface area contributed by atoms with Crippen LogP contribution in [0.25, 0.3) is 0 Å².